The number of benzene rings is 2. The van der Waals surface area contributed by atoms with Crippen LogP contribution in [0.25, 0.3) is 21.8 Å². The Morgan fingerprint density at radius 1 is 1.21 bits per heavy atom. The van der Waals surface area contributed by atoms with Crippen molar-refractivity contribution in [3.05, 3.63) is 63.6 Å². The van der Waals surface area contributed by atoms with Gasteiger partial charge < -0.3 is 14.4 Å². The predicted molar refractivity (Wildman–Crippen MR) is 108 cm³/mol. The van der Waals surface area contributed by atoms with Crippen molar-refractivity contribution in [1.29, 1.82) is 5.26 Å². The summed E-state index contributed by atoms with van der Waals surface area (Å²) < 4.78 is 7.77. The van der Waals surface area contributed by atoms with E-state index in [9.17, 15) is 10.1 Å². The Balaban J connectivity index is 1.87. The van der Waals surface area contributed by atoms with Gasteiger partial charge in [0.25, 0.3) is 5.56 Å². The van der Waals surface area contributed by atoms with E-state index < -0.39 is 5.41 Å². The number of fused-ring (bicyclic) bond motifs is 4. The summed E-state index contributed by atoms with van der Waals surface area (Å²) >= 11 is 0. The molecular weight excluding hydrogens is 352 g/mol. The Hall–Kier alpha value is -3.46. The molecule has 1 unspecified atom stereocenters. The summed E-state index contributed by atoms with van der Waals surface area (Å²) in [6, 6.07) is 14.7. The van der Waals surface area contributed by atoms with Crippen LogP contribution < -0.4 is 10.3 Å². The fraction of sp³-hybridized carbons (Fsp3) is 0.273. The normalized spacial score (nSPS) is 18.9. The number of para-hydroxylation sites is 1. The number of aryl methyl sites for hydroxylation is 2. The third-order valence-corrected chi connectivity index (χ3v) is 6.21. The smallest absolute Gasteiger partial charge is 0.267 e. The maximum Gasteiger partial charge on any atom is 0.267 e. The summed E-state index contributed by atoms with van der Waals surface area (Å²) in [7, 11) is 3.68. The zero-order chi connectivity index (χ0) is 19.5. The van der Waals surface area contributed by atoms with Gasteiger partial charge in [-0.1, -0.05) is 24.3 Å². The SMILES string of the molecule is COc1ccc(C2(C#N)CCc3[nH][nH]c(=O)c3C2)c2c3ccccc3n(C)c12. The highest BCUT2D eigenvalue weighted by Gasteiger charge is 2.40. The Labute approximate surface area is 161 Å². The van der Waals surface area contributed by atoms with Gasteiger partial charge in [-0.25, -0.2) is 0 Å². The molecule has 0 radical (unpaired) electrons. The van der Waals surface area contributed by atoms with Crippen molar-refractivity contribution in [1.82, 2.24) is 14.8 Å². The average molecular weight is 372 g/mol. The molecule has 0 saturated carbocycles. The van der Waals surface area contributed by atoms with Crippen LogP contribution in [0.1, 0.15) is 23.2 Å². The lowest BCUT2D eigenvalue weighted by Crippen LogP contribution is -2.34. The molecule has 2 heterocycles. The lowest BCUT2D eigenvalue weighted by Gasteiger charge is -2.31. The topological polar surface area (TPSA) is 86.6 Å². The summed E-state index contributed by atoms with van der Waals surface area (Å²) in [5.41, 5.74) is 3.76. The molecule has 1 atom stereocenters. The van der Waals surface area contributed by atoms with Crippen LogP contribution in [0.3, 0.4) is 0 Å². The van der Waals surface area contributed by atoms with Crippen LogP contribution in [0, 0.1) is 11.3 Å². The van der Waals surface area contributed by atoms with Crippen LogP contribution in [0.5, 0.6) is 5.75 Å². The van der Waals surface area contributed by atoms with Crippen LogP contribution in [-0.4, -0.2) is 21.9 Å². The second-order valence-electron chi connectivity index (χ2n) is 7.52. The molecule has 1 aliphatic rings. The summed E-state index contributed by atoms with van der Waals surface area (Å²) in [6.45, 7) is 0. The van der Waals surface area contributed by atoms with Gasteiger partial charge in [-0.2, -0.15) is 5.26 Å². The maximum atomic E-state index is 12.3. The molecule has 2 aromatic heterocycles. The number of H-pyrrole nitrogens is 2. The third-order valence-electron chi connectivity index (χ3n) is 6.21. The first-order valence-electron chi connectivity index (χ1n) is 9.34. The van der Waals surface area contributed by atoms with Gasteiger partial charge in [0.1, 0.15) is 5.75 Å². The third kappa shape index (κ3) is 2.04. The average Bonchev–Trinajstić information content (AvgIpc) is 3.25. The molecule has 0 amide bonds. The van der Waals surface area contributed by atoms with Gasteiger partial charge >= 0.3 is 0 Å². The summed E-state index contributed by atoms with van der Waals surface area (Å²) in [5, 5.41) is 18.1. The van der Waals surface area contributed by atoms with Crippen molar-refractivity contribution in [2.24, 2.45) is 7.05 Å². The summed E-state index contributed by atoms with van der Waals surface area (Å²) in [5.74, 6) is 0.779. The first-order chi connectivity index (χ1) is 13.6. The molecule has 28 heavy (non-hydrogen) atoms. The molecule has 6 nitrogen and oxygen atoms in total. The Morgan fingerprint density at radius 2 is 2.04 bits per heavy atom. The van der Waals surface area contributed by atoms with E-state index in [1.165, 1.54) is 0 Å². The molecule has 0 fully saturated rings. The minimum Gasteiger partial charge on any atom is -0.495 e. The minimum atomic E-state index is -0.753. The van der Waals surface area contributed by atoms with Gasteiger partial charge in [0, 0.05) is 41.0 Å². The van der Waals surface area contributed by atoms with Gasteiger partial charge in [-0.3, -0.25) is 9.89 Å². The molecule has 2 N–H and O–H groups in total. The molecule has 6 heteroatoms. The Bertz CT molecular complexity index is 1330. The van der Waals surface area contributed by atoms with Crippen molar-refractivity contribution in [3.8, 4) is 11.8 Å². The first kappa shape index (κ1) is 16.7. The van der Waals surface area contributed by atoms with E-state index in [4.69, 9.17) is 4.74 Å². The van der Waals surface area contributed by atoms with Gasteiger partial charge in [0.05, 0.1) is 24.1 Å². The number of aromatic amines is 2. The van der Waals surface area contributed by atoms with Gasteiger partial charge in [0.2, 0.25) is 0 Å². The molecule has 1 aliphatic carbocycles. The molecule has 5 rings (SSSR count). The molecule has 2 aromatic carbocycles. The standard InChI is InChI=1S/C22H20N4O2/c1-26-17-6-4-3-5-13(17)19-15(7-8-18(28-2)20(19)26)22(12-23)10-9-16-14(11-22)21(27)25-24-16/h3-8H,9-11H2,1-2H3,(H2,24,25,27). The maximum absolute atomic E-state index is 12.3. The summed E-state index contributed by atoms with van der Waals surface area (Å²) in [6.07, 6.45) is 1.73. The number of ether oxygens (including phenoxy) is 1. The van der Waals surface area contributed by atoms with E-state index >= 15 is 0 Å². The van der Waals surface area contributed by atoms with Crippen LogP contribution in [0.2, 0.25) is 0 Å². The number of methoxy groups -OCH3 is 1. The number of hydrogen-bond acceptors (Lipinski definition) is 3. The van der Waals surface area contributed by atoms with Crippen LogP contribution in [0.4, 0.5) is 0 Å². The van der Waals surface area contributed by atoms with E-state index in [-0.39, 0.29) is 5.56 Å². The highest BCUT2D eigenvalue weighted by Crippen LogP contribution is 2.45. The van der Waals surface area contributed by atoms with Crippen LogP contribution in [0.15, 0.2) is 41.2 Å². The fourth-order valence-electron chi connectivity index (χ4n) is 4.77. The molecule has 4 aromatic rings. The van der Waals surface area contributed by atoms with Crippen molar-refractivity contribution >= 4 is 21.8 Å². The molecule has 0 saturated heterocycles. The molecule has 0 spiro atoms. The summed E-state index contributed by atoms with van der Waals surface area (Å²) in [4.78, 5) is 12.3. The predicted octanol–water partition coefficient (Wildman–Crippen LogP) is 3.31. The zero-order valence-electron chi connectivity index (χ0n) is 15.8. The second-order valence-corrected chi connectivity index (χ2v) is 7.52. The van der Waals surface area contributed by atoms with Gasteiger partial charge in [-0.05, 0) is 30.5 Å². The fourth-order valence-corrected chi connectivity index (χ4v) is 4.77. The number of nitrogens with one attached hydrogen (secondary N) is 2. The van der Waals surface area contributed by atoms with Crippen molar-refractivity contribution in [2.45, 2.75) is 24.7 Å². The van der Waals surface area contributed by atoms with E-state index in [1.807, 2.05) is 31.3 Å². The Morgan fingerprint density at radius 3 is 2.82 bits per heavy atom. The van der Waals surface area contributed by atoms with Gasteiger partial charge in [-0.15, -0.1) is 0 Å². The monoisotopic (exact) mass is 372 g/mol. The zero-order valence-corrected chi connectivity index (χ0v) is 15.8. The van der Waals surface area contributed by atoms with E-state index in [0.717, 1.165) is 38.8 Å². The van der Waals surface area contributed by atoms with Gasteiger partial charge in [0.15, 0.2) is 0 Å². The lowest BCUT2D eigenvalue weighted by atomic mass is 9.69. The molecule has 140 valence electrons. The first-order valence-corrected chi connectivity index (χ1v) is 9.34. The van der Waals surface area contributed by atoms with Crippen molar-refractivity contribution < 1.29 is 4.74 Å². The number of rotatable bonds is 2. The highest BCUT2D eigenvalue weighted by atomic mass is 16.5. The number of nitrogens with zero attached hydrogens (tertiary/aromatic N) is 2. The van der Waals surface area contributed by atoms with E-state index in [0.29, 0.717) is 24.8 Å². The van der Waals surface area contributed by atoms with Crippen LogP contribution >= 0.6 is 0 Å². The Kier molecular flexibility index (Phi) is 3.44. The lowest BCUT2D eigenvalue weighted by molar-refractivity contribution is 0.417. The van der Waals surface area contributed by atoms with E-state index in [1.54, 1.807) is 7.11 Å². The molecular formula is C22H20N4O2. The van der Waals surface area contributed by atoms with E-state index in [2.05, 4.69) is 33.0 Å². The number of hydrogen-bond donors (Lipinski definition) is 2. The van der Waals surface area contributed by atoms with Crippen LogP contribution in [-0.2, 0) is 25.3 Å². The number of aromatic nitrogens is 3. The quantitative estimate of drug-likeness (QED) is 0.566. The minimum absolute atomic E-state index is 0.128. The van der Waals surface area contributed by atoms with Crippen molar-refractivity contribution in [3.63, 3.8) is 0 Å². The molecule has 0 bridgehead atoms. The molecule has 0 aliphatic heterocycles. The number of nitriles is 1. The van der Waals surface area contributed by atoms with Crippen molar-refractivity contribution in [2.75, 3.05) is 7.11 Å². The largest absolute Gasteiger partial charge is 0.495 e. The highest BCUT2D eigenvalue weighted by molar-refractivity contribution is 6.12. The second kappa shape index (κ2) is 5.77.